The van der Waals surface area contributed by atoms with Gasteiger partial charge in [0.1, 0.15) is 5.69 Å². The van der Waals surface area contributed by atoms with Gasteiger partial charge >= 0.3 is 0 Å². The zero-order valence-corrected chi connectivity index (χ0v) is 4.16. The van der Waals surface area contributed by atoms with E-state index < -0.39 is 0 Å². The standard InChI is InChI=1S/C6H4NO/c1-3-7-5-2-4-8-6(1)5/h1-4H. The first kappa shape index (κ1) is 3.78. The zero-order valence-electron chi connectivity index (χ0n) is 4.16. The van der Waals surface area contributed by atoms with Crippen molar-refractivity contribution < 1.29 is 4.42 Å². The molecule has 0 atom stereocenters. The molecule has 2 nitrogen and oxygen atoms in total. The summed E-state index contributed by atoms with van der Waals surface area (Å²) in [6.45, 7) is 0. The van der Waals surface area contributed by atoms with Crippen LogP contribution in [0, 0.1) is 0 Å². The third-order valence-corrected chi connectivity index (χ3v) is 1.11. The number of hydrogen-bond acceptors (Lipinski definition) is 1. The highest BCUT2D eigenvalue weighted by molar-refractivity contribution is 5.63. The number of nitrogens with zero attached hydrogens (tertiary/aromatic N) is 1. The monoisotopic (exact) mass is 106 g/mol. The van der Waals surface area contributed by atoms with Gasteiger partial charge in [-0.25, -0.2) is 0 Å². The van der Waals surface area contributed by atoms with Crippen molar-refractivity contribution in [3.8, 4) is 0 Å². The number of rotatable bonds is 0. The second kappa shape index (κ2) is 1.15. The first-order valence-electron chi connectivity index (χ1n) is 2.42. The molecule has 39 valence electrons. The highest BCUT2D eigenvalue weighted by atomic mass is 16.3. The second-order valence-electron chi connectivity index (χ2n) is 1.61. The van der Waals surface area contributed by atoms with Crippen LogP contribution in [0.15, 0.2) is 22.9 Å². The Kier molecular flexibility index (Phi) is 0.545. The highest BCUT2D eigenvalue weighted by Crippen LogP contribution is 2.22. The summed E-state index contributed by atoms with van der Waals surface area (Å²) in [5, 5.41) is 3.98. The molecule has 0 bridgehead atoms. The van der Waals surface area contributed by atoms with Crippen molar-refractivity contribution in [2.45, 2.75) is 0 Å². The molecule has 0 saturated heterocycles. The van der Waals surface area contributed by atoms with Crippen molar-refractivity contribution in [1.29, 1.82) is 0 Å². The van der Waals surface area contributed by atoms with Crippen LogP contribution in [0.2, 0.25) is 0 Å². The van der Waals surface area contributed by atoms with Crippen LogP contribution >= 0.6 is 0 Å². The van der Waals surface area contributed by atoms with Crippen LogP contribution in [0.5, 0.6) is 0 Å². The molecule has 0 aromatic carbocycles. The molecule has 0 N–H and O–H groups in total. The maximum Gasteiger partial charge on any atom is 0.153 e. The molecule has 2 heterocycles. The summed E-state index contributed by atoms with van der Waals surface area (Å²) in [5.41, 5.74) is 0.935. The molecule has 0 aliphatic carbocycles. The third kappa shape index (κ3) is 0.320. The summed E-state index contributed by atoms with van der Waals surface area (Å²) in [7, 11) is 0. The molecule has 1 aliphatic rings. The van der Waals surface area contributed by atoms with E-state index >= 15 is 0 Å². The van der Waals surface area contributed by atoms with Gasteiger partial charge in [-0.05, 0) is 0 Å². The molecule has 0 spiro atoms. The Labute approximate surface area is 46.8 Å². The van der Waals surface area contributed by atoms with Crippen LogP contribution in [-0.2, 0) is 0 Å². The number of fused-ring (bicyclic) bond motifs is 1. The maximum absolute atomic E-state index is 5.00. The van der Waals surface area contributed by atoms with Crippen LogP contribution in [0.25, 0.3) is 6.08 Å². The topological polar surface area (TPSA) is 27.2 Å². The van der Waals surface area contributed by atoms with Crippen molar-refractivity contribution in [2.24, 2.45) is 0 Å². The van der Waals surface area contributed by atoms with Gasteiger partial charge in [0.2, 0.25) is 0 Å². The molecule has 0 amide bonds. The Hall–Kier alpha value is -1.18. The minimum Gasteiger partial charge on any atom is -0.463 e. The number of hydrogen-bond donors (Lipinski definition) is 0. The van der Waals surface area contributed by atoms with Gasteiger partial charge in [-0.2, -0.15) is 0 Å². The van der Waals surface area contributed by atoms with Crippen molar-refractivity contribution in [2.75, 3.05) is 0 Å². The van der Waals surface area contributed by atoms with Crippen LogP contribution < -0.4 is 5.32 Å². The van der Waals surface area contributed by atoms with Gasteiger partial charge in [-0.15, -0.1) is 0 Å². The van der Waals surface area contributed by atoms with Crippen molar-refractivity contribution in [1.82, 2.24) is 5.32 Å². The first-order chi connectivity index (χ1) is 3.97. The van der Waals surface area contributed by atoms with Gasteiger partial charge in [-0.3, -0.25) is 5.32 Å². The molecule has 2 rings (SSSR count). The van der Waals surface area contributed by atoms with Crippen LogP contribution in [-0.4, -0.2) is 0 Å². The fraction of sp³-hybridized carbons (Fsp3) is 0. The molecular weight excluding hydrogens is 102 g/mol. The third-order valence-electron chi connectivity index (χ3n) is 1.11. The Morgan fingerprint density at radius 1 is 1.50 bits per heavy atom. The van der Waals surface area contributed by atoms with E-state index in [0.29, 0.717) is 0 Å². The minimum atomic E-state index is 0.866. The van der Waals surface area contributed by atoms with Gasteiger partial charge in [0.25, 0.3) is 0 Å². The number of furan rings is 1. The lowest BCUT2D eigenvalue weighted by molar-refractivity contribution is 0.558. The Bertz CT molecular complexity index is 224. The predicted octanol–water partition coefficient (Wildman–Crippen LogP) is 1.50. The molecular formula is C6H4NO. The average molecular weight is 106 g/mol. The summed E-state index contributed by atoms with van der Waals surface area (Å²) < 4.78 is 5.00. The zero-order chi connectivity index (χ0) is 5.40. The summed E-state index contributed by atoms with van der Waals surface area (Å²) in [5.74, 6) is 0.866. The molecule has 1 radical (unpaired) electrons. The lowest BCUT2D eigenvalue weighted by Crippen LogP contribution is -1.73. The second-order valence-corrected chi connectivity index (χ2v) is 1.61. The van der Waals surface area contributed by atoms with Gasteiger partial charge in [0.15, 0.2) is 5.76 Å². The van der Waals surface area contributed by atoms with E-state index in [1.54, 1.807) is 12.5 Å². The lowest BCUT2D eigenvalue weighted by atomic mass is 10.4. The summed E-state index contributed by atoms with van der Waals surface area (Å²) in [6.07, 6.45) is 5.21. The van der Waals surface area contributed by atoms with Crippen LogP contribution in [0.4, 0.5) is 5.69 Å². The molecule has 0 fully saturated rings. The highest BCUT2D eigenvalue weighted by Gasteiger charge is 2.06. The molecule has 1 aliphatic heterocycles. The Morgan fingerprint density at radius 3 is 3.38 bits per heavy atom. The quantitative estimate of drug-likeness (QED) is 0.492. The van der Waals surface area contributed by atoms with Gasteiger partial charge in [0, 0.05) is 18.3 Å². The summed E-state index contributed by atoms with van der Waals surface area (Å²) in [6, 6.07) is 1.84. The first-order valence-corrected chi connectivity index (χ1v) is 2.42. The Balaban J connectivity index is 2.67. The van der Waals surface area contributed by atoms with E-state index in [1.807, 2.05) is 12.1 Å². The molecule has 1 aromatic heterocycles. The van der Waals surface area contributed by atoms with Crippen molar-refractivity contribution >= 4 is 11.8 Å². The molecule has 2 heteroatoms. The summed E-state index contributed by atoms with van der Waals surface area (Å²) in [4.78, 5) is 0. The van der Waals surface area contributed by atoms with Gasteiger partial charge in [-0.1, -0.05) is 0 Å². The van der Waals surface area contributed by atoms with E-state index in [1.165, 1.54) is 0 Å². The normalized spacial score (nSPS) is 13.5. The minimum absolute atomic E-state index is 0.866. The smallest absolute Gasteiger partial charge is 0.153 e. The van der Waals surface area contributed by atoms with Crippen LogP contribution in [0.3, 0.4) is 0 Å². The molecule has 1 aromatic rings. The maximum atomic E-state index is 5.00. The molecule has 8 heavy (non-hydrogen) atoms. The fourth-order valence-electron chi connectivity index (χ4n) is 0.731. The van der Waals surface area contributed by atoms with E-state index in [0.717, 1.165) is 11.4 Å². The van der Waals surface area contributed by atoms with E-state index in [9.17, 15) is 0 Å². The van der Waals surface area contributed by atoms with Gasteiger partial charge in [0.05, 0.1) is 6.26 Å². The van der Waals surface area contributed by atoms with E-state index in [-0.39, 0.29) is 0 Å². The van der Waals surface area contributed by atoms with E-state index in [2.05, 4.69) is 5.32 Å². The largest absolute Gasteiger partial charge is 0.463 e. The lowest BCUT2D eigenvalue weighted by Gasteiger charge is -1.79. The summed E-state index contributed by atoms with van der Waals surface area (Å²) >= 11 is 0. The average Bonchev–Trinajstić information content (AvgIpc) is 2.15. The molecule has 0 unspecified atom stereocenters. The van der Waals surface area contributed by atoms with E-state index in [4.69, 9.17) is 4.42 Å². The predicted molar refractivity (Wildman–Crippen MR) is 29.5 cm³/mol. The van der Waals surface area contributed by atoms with Gasteiger partial charge < -0.3 is 4.42 Å². The Morgan fingerprint density at radius 2 is 2.50 bits per heavy atom. The van der Waals surface area contributed by atoms with Crippen molar-refractivity contribution in [3.05, 3.63) is 24.3 Å². The molecule has 0 saturated carbocycles. The van der Waals surface area contributed by atoms with Crippen LogP contribution in [0.1, 0.15) is 5.76 Å². The fourth-order valence-corrected chi connectivity index (χ4v) is 0.731. The SMILES string of the molecule is C1=Cc2occc2[N]1. The van der Waals surface area contributed by atoms with Crippen molar-refractivity contribution in [3.63, 3.8) is 0 Å².